The molecule has 0 spiro atoms. The van der Waals surface area contributed by atoms with E-state index in [4.69, 9.17) is 9.47 Å². The molecular formula is C16H25NO2. The second-order valence-electron chi connectivity index (χ2n) is 6.03. The van der Waals surface area contributed by atoms with E-state index in [9.17, 15) is 0 Å². The van der Waals surface area contributed by atoms with Gasteiger partial charge in [0.2, 0.25) is 0 Å². The molecule has 3 nitrogen and oxygen atoms in total. The smallest absolute Gasteiger partial charge is 0.119 e. The Kier molecular flexibility index (Phi) is 5.23. The number of para-hydroxylation sites is 1. The second kappa shape index (κ2) is 6.92. The van der Waals surface area contributed by atoms with Crippen molar-refractivity contribution in [1.82, 2.24) is 5.32 Å². The van der Waals surface area contributed by atoms with Gasteiger partial charge in [-0.25, -0.2) is 0 Å². The van der Waals surface area contributed by atoms with Crippen LogP contribution in [0, 0.1) is 5.41 Å². The molecule has 0 amide bonds. The molecule has 2 rings (SSSR count). The van der Waals surface area contributed by atoms with E-state index in [0.29, 0.717) is 13.2 Å². The fraction of sp³-hybridized carbons (Fsp3) is 0.625. The van der Waals surface area contributed by atoms with Crippen LogP contribution < -0.4 is 10.1 Å². The van der Waals surface area contributed by atoms with E-state index in [-0.39, 0.29) is 5.41 Å². The first-order valence-electron chi connectivity index (χ1n) is 7.15. The Morgan fingerprint density at radius 1 is 1.16 bits per heavy atom. The van der Waals surface area contributed by atoms with Crippen LogP contribution in [0.15, 0.2) is 30.3 Å². The first-order valence-corrected chi connectivity index (χ1v) is 7.15. The Hall–Kier alpha value is -1.06. The fourth-order valence-corrected chi connectivity index (χ4v) is 1.84. The molecule has 1 N–H and O–H groups in total. The molecule has 0 radical (unpaired) electrons. The van der Waals surface area contributed by atoms with Gasteiger partial charge in [0.05, 0.1) is 13.2 Å². The van der Waals surface area contributed by atoms with E-state index in [2.05, 4.69) is 19.2 Å². The van der Waals surface area contributed by atoms with Crippen molar-refractivity contribution in [3.05, 3.63) is 30.3 Å². The van der Waals surface area contributed by atoms with Crippen molar-refractivity contribution in [2.75, 3.05) is 26.4 Å². The molecule has 0 heterocycles. The number of nitrogens with one attached hydrogen (secondary N) is 1. The summed E-state index contributed by atoms with van der Waals surface area (Å²) in [5.41, 5.74) is 0.190. The molecule has 0 aromatic heterocycles. The largest absolute Gasteiger partial charge is 0.491 e. The highest BCUT2D eigenvalue weighted by atomic mass is 16.5. The number of ether oxygens (including phenoxy) is 2. The van der Waals surface area contributed by atoms with Crippen molar-refractivity contribution < 1.29 is 9.47 Å². The van der Waals surface area contributed by atoms with Gasteiger partial charge in [0.25, 0.3) is 0 Å². The maximum Gasteiger partial charge on any atom is 0.119 e. The van der Waals surface area contributed by atoms with Crippen LogP contribution in [0.3, 0.4) is 0 Å². The van der Waals surface area contributed by atoms with Crippen LogP contribution in [0.1, 0.15) is 26.7 Å². The summed E-state index contributed by atoms with van der Waals surface area (Å²) in [7, 11) is 0. The minimum absolute atomic E-state index is 0.190. The molecule has 0 aliphatic heterocycles. The topological polar surface area (TPSA) is 30.5 Å². The number of hydrogen-bond acceptors (Lipinski definition) is 3. The molecule has 1 aliphatic rings. The molecule has 0 bridgehead atoms. The number of hydrogen-bond donors (Lipinski definition) is 1. The maximum absolute atomic E-state index is 5.71. The first kappa shape index (κ1) is 14.4. The highest BCUT2D eigenvalue weighted by molar-refractivity contribution is 5.20. The molecule has 106 valence electrons. The first-order chi connectivity index (χ1) is 9.16. The molecule has 0 atom stereocenters. The summed E-state index contributed by atoms with van der Waals surface area (Å²) in [4.78, 5) is 0. The van der Waals surface area contributed by atoms with Gasteiger partial charge in [-0.1, -0.05) is 32.0 Å². The van der Waals surface area contributed by atoms with E-state index in [1.807, 2.05) is 30.3 Å². The highest BCUT2D eigenvalue weighted by Gasteiger charge is 2.25. The fourth-order valence-electron chi connectivity index (χ4n) is 1.84. The summed E-state index contributed by atoms with van der Waals surface area (Å²) < 4.78 is 11.3. The lowest BCUT2D eigenvalue weighted by Crippen LogP contribution is -2.34. The molecule has 1 aliphatic carbocycles. The van der Waals surface area contributed by atoms with Crippen LogP contribution in [-0.4, -0.2) is 32.4 Å². The van der Waals surface area contributed by atoms with Crippen molar-refractivity contribution in [2.24, 2.45) is 5.41 Å². The average molecular weight is 263 g/mol. The number of benzene rings is 1. The monoisotopic (exact) mass is 263 g/mol. The van der Waals surface area contributed by atoms with E-state index >= 15 is 0 Å². The number of rotatable bonds is 9. The normalized spacial score (nSPS) is 15.5. The third-order valence-corrected chi connectivity index (χ3v) is 3.18. The molecule has 3 heteroatoms. The zero-order chi connectivity index (χ0) is 13.6. The van der Waals surface area contributed by atoms with Crippen molar-refractivity contribution in [3.8, 4) is 5.75 Å². The van der Waals surface area contributed by atoms with Gasteiger partial charge in [-0.2, -0.15) is 0 Å². The SMILES string of the molecule is CC(C)(CNC1CC1)COCCOc1ccccc1. The second-order valence-corrected chi connectivity index (χ2v) is 6.03. The van der Waals surface area contributed by atoms with Crippen molar-refractivity contribution in [2.45, 2.75) is 32.7 Å². The van der Waals surface area contributed by atoms with Gasteiger partial charge in [0.15, 0.2) is 0 Å². The average Bonchev–Trinajstić information content (AvgIpc) is 3.21. The van der Waals surface area contributed by atoms with Gasteiger partial charge in [0, 0.05) is 18.0 Å². The molecular weight excluding hydrogens is 238 g/mol. The lowest BCUT2D eigenvalue weighted by Gasteiger charge is -2.25. The van der Waals surface area contributed by atoms with E-state index in [1.54, 1.807) is 0 Å². The van der Waals surface area contributed by atoms with Crippen LogP contribution >= 0.6 is 0 Å². The molecule has 1 aromatic carbocycles. The van der Waals surface area contributed by atoms with Crippen LogP contribution in [0.25, 0.3) is 0 Å². The van der Waals surface area contributed by atoms with Crippen LogP contribution in [0.5, 0.6) is 5.75 Å². The predicted molar refractivity (Wildman–Crippen MR) is 77.6 cm³/mol. The van der Waals surface area contributed by atoms with E-state index < -0.39 is 0 Å². The lowest BCUT2D eigenvalue weighted by atomic mass is 9.95. The summed E-state index contributed by atoms with van der Waals surface area (Å²) in [6.07, 6.45) is 2.67. The zero-order valence-electron chi connectivity index (χ0n) is 12.0. The van der Waals surface area contributed by atoms with Crippen LogP contribution in [0.2, 0.25) is 0 Å². The molecule has 1 fully saturated rings. The van der Waals surface area contributed by atoms with Gasteiger partial charge in [-0.15, -0.1) is 0 Å². The summed E-state index contributed by atoms with van der Waals surface area (Å²) in [6.45, 7) is 7.51. The highest BCUT2D eigenvalue weighted by Crippen LogP contribution is 2.21. The Bertz CT molecular complexity index is 360. The maximum atomic E-state index is 5.71. The van der Waals surface area contributed by atoms with Gasteiger partial charge < -0.3 is 14.8 Å². The Morgan fingerprint density at radius 2 is 1.89 bits per heavy atom. The lowest BCUT2D eigenvalue weighted by molar-refractivity contribution is 0.0440. The minimum Gasteiger partial charge on any atom is -0.491 e. The van der Waals surface area contributed by atoms with Crippen molar-refractivity contribution in [3.63, 3.8) is 0 Å². The van der Waals surface area contributed by atoms with Gasteiger partial charge in [-0.3, -0.25) is 0 Å². The zero-order valence-corrected chi connectivity index (χ0v) is 12.0. The molecule has 1 saturated carbocycles. The van der Waals surface area contributed by atoms with Gasteiger partial charge >= 0.3 is 0 Å². The van der Waals surface area contributed by atoms with Crippen molar-refractivity contribution in [1.29, 1.82) is 0 Å². The quantitative estimate of drug-likeness (QED) is 0.695. The Balaban J connectivity index is 1.53. The third kappa shape index (κ3) is 6.08. The summed E-state index contributed by atoms with van der Waals surface area (Å²) >= 11 is 0. The third-order valence-electron chi connectivity index (χ3n) is 3.18. The summed E-state index contributed by atoms with van der Waals surface area (Å²) in [5, 5.41) is 3.55. The van der Waals surface area contributed by atoms with Gasteiger partial charge in [0.1, 0.15) is 12.4 Å². The van der Waals surface area contributed by atoms with E-state index in [1.165, 1.54) is 12.8 Å². The predicted octanol–water partition coefficient (Wildman–Crippen LogP) is 2.86. The summed E-state index contributed by atoms with van der Waals surface area (Å²) in [5.74, 6) is 0.903. The van der Waals surface area contributed by atoms with Crippen LogP contribution in [-0.2, 0) is 4.74 Å². The molecule has 1 aromatic rings. The standard InChI is InChI=1S/C16H25NO2/c1-16(2,12-17-14-8-9-14)13-18-10-11-19-15-6-4-3-5-7-15/h3-7,14,17H,8-13H2,1-2H3. The molecule has 19 heavy (non-hydrogen) atoms. The minimum atomic E-state index is 0.190. The Morgan fingerprint density at radius 3 is 2.58 bits per heavy atom. The molecule has 0 unspecified atom stereocenters. The Labute approximate surface area is 116 Å². The molecule has 0 saturated heterocycles. The van der Waals surface area contributed by atoms with Crippen LogP contribution in [0.4, 0.5) is 0 Å². The van der Waals surface area contributed by atoms with Gasteiger partial charge in [-0.05, 0) is 25.0 Å². The van der Waals surface area contributed by atoms with E-state index in [0.717, 1.165) is 24.9 Å². The van der Waals surface area contributed by atoms with Crippen molar-refractivity contribution >= 4 is 0 Å². The summed E-state index contributed by atoms with van der Waals surface area (Å²) in [6, 6.07) is 10.6.